The van der Waals surface area contributed by atoms with Crippen LogP contribution in [0.25, 0.3) is 0 Å². The molecule has 1 aliphatic carbocycles. The standard InChI is InChI=1S/C15H23NO2S/c1-3-11-8-14(19-10(11)2)15(18)16-13-7-5-4-6-12(13)9-17/h8,12-13,17H,3-7,9H2,1-2H3,(H,16,18). The molecule has 1 aromatic heterocycles. The summed E-state index contributed by atoms with van der Waals surface area (Å²) in [6.45, 7) is 4.35. The average Bonchev–Trinajstić information content (AvgIpc) is 2.80. The second kappa shape index (κ2) is 6.53. The first-order chi connectivity index (χ1) is 9.15. The van der Waals surface area contributed by atoms with Crippen LogP contribution in [0.5, 0.6) is 0 Å². The van der Waals surface area contributed by atoms with Crippen LogP contribution in [-0.2, 0) is 6.42 Å². The van der Waals surface area contributed by atoms with Crippen molar-refractivity contribution >= 4 is 17.2 Å². The lowest BCUT2D eigenvalue weighted by molar-refractivity contribution is 0.0876. The predicted molar refractivity (Wildman–Crippen MR) is 78.7 cm³/mol. The first-order valence-corrected chi connectivity index (χ1v) is 7.98. The zero-order chi connectivity index (χ0) is 13.8. The Morgan fingerprint density at radius 3 is 2.84 bits per heavy atom. The van der Waals surface area contributed by atoms with Crippen LogP contribution in [-0.4, -0.2) is 23.7 Å². The van der Waals surface area contributed by atoms with Gasteiger partial charge in [-0.15, -0.1) is 11.3 Å². The first-order valence-electron chi connectivity index (χ1n) is 7.16. The van der Waals surface area contributed by atoms with Gasteiger partial charge in [0.15, 0.2) is 0 Å². The fraction of sp³-hybridized carbons (Fsp3) is 0.667. The minimum atomic E-state index is 0.0261. The minimum Gasteiger partial charge on any atom is -0.396 e. The lowest BCUT2D eigenvalue weighted by atomic mass is 9.85. The van der Waals surface area contributed by atoms with Gasteiger partial charge in [-0.3, -0.25) is 4.79 Å². The number of hydrogen-bond donors (Lipinski definition) is 2. The Kier molecular flexibility index (Phi) is 4.99. The van der Waals surface area contributed by atoms with E-state index in [0.717, 1.165) is 37.0 Å². The smallest absolute Gasteiger partial charge is 0.261 e. The summed E-state index contributed by atoms with van der Waals surface area (Å²) in [6.07, 6.45) is 5.28. The number of aliphatic hydroxyl groups excluding tert-OH is 1. The largest absolute Gasteiger partial charge is 0.396 e. The zero-order valence-corrected chi connectivity index (χ0v) is 12.6. The molecule has 0 saturated heterocycles. The van der Waals surface area contributed by atoms with Crippen LogP contribution in [0, 0.1) is 12.8 Å². The molecule has 0 spiro atoms. The van der Waals surface area contributed by atoms with Gasteiger partial charge in [0.25, 0.3) is 5.91 Å². The fourth-order valence-corrected chi connectivity index (χ4v) is 3.86. The summed E-state index contributed by atoms with van der Waals surface area (Å²) in [5.41, 5.74) is 1.26. The highest BCUT2D eigenvalue weighted by Gasteiger charge is 2.26. The molecule has 2 rings (SSSR count). The Hall–Kier alpha value is -0.870. The molecule has 2 N–H and O–H groups in total. The number of aryl methyl sites for hydroxylation is 2. The Balaban J connectivity index is 2.03. The topological polar surface area (TPSA) is 49.3 Å². The molecular weight excluding hydrogens is 258 g/mol. The second-order valence-corrected chi connectivity index (χ2v) is 6.61. The molecule has 1 heterocycles. The zero-order valence-electron chi connectivity index (χ0n) is 11.7. The lowest BCUT2D eigenvalue weighted by Crippen LogP contribution is -2.43. The summed E-state index contributed by atoms with van der Waals surface area (Å²) < 4.78 is 0. The highest BCUT2D eigenvalue weighted by atomic mass is 32.1. The fourth-order valence-electron chi connectivity index (χ4n) is 2.84. The van der Waals surface area contributed by atoms with Crippen LogP contribution in [0.3, 0.4) is 0 Å². The quantitative estimate of drug-likeness (QED) is 0.891. The van der Waals surface area contributed by atoms with Gasteiger partial charge in [-0.05, 0) is 37.8 Å². The van der Waals surface area contributed by atoms with Crippen molar-refractivity contribution in [3.63, 3.8) is 0 Å². The predicted octanol–water partition coefficient (Wildman–Crippen LogP) is 2.90. The normalized spacial score (nSPS) is 23.3. The third kappa shape index (κ3) is 3.37. The van der Waals surface area contributed by atoms with Gasteiger partial charge in [-0.25, -0.2) is 0 Å². The Morgan fingerprint density at radius 2 is 2.21 bits per heavy atom. The third-order valence-electron chi connectivity index (χ3n) is 4.09. The number of amides is 1. The maximum atomic E-state index is 12.3. The van der Waals surface area contributed by atoms with Gasteiger partial charge in [0, 0.05) is 23.4 Å². The molecule has 4 heteroatoms. The van der Waals surface area contributed by atoms with Crippen molar-refractivity contribution in [3.05, 3.63) is 21.4 Å². The van der Waals surface area contributed by atoms with Gasteiger partial charge < -0.3 is 10.4 Å². The number of nitrogens with one attached hydrogen (secondary N) is 1. The van der Waals surface area contributed by atoms with Crippen molar-refractivity contribution in [2.45, 2.75) is 52.0 Å². The summed E-state index contributed by atoms with van der Waals surface area (Å²) in [6, 6.07) is 2.14. The molecule has 0 radical (unpaired) electrons. The van der Waals surface area contributed by atoms with Crippen LogP contribution < -0.4 is 5.32 Å². The first kappa shape index (κ1) is 14.5. The maximum absolute atomic E-state index is 12.3. The van der Waals surface area contributed by atoms with Gasteiger partial charge in [-0.2, -0.15) is 0 Å². The Labute approximate surface area is 119 Å². The molecule has 106 valence electrons. The molecule has 1 aromatic rings. The summed E-state index contributed by atoms with van der Waals surface area (Å²) >= 11 is 1.57. The highest BCUT2D eigenvalue weighted by Crippen LogP contribution is 2.26. The van der Waals surface area contributed by atoms with E-state index in [1.165, 1.54) is 10.4 Å². The van der Waals surface area contributed by atoms with E-state index in [-0.39, 0.29) is 24.5 Å². The SMILES string of the molecule is CCc1cc(C(=O)NC2CCCCC2CO)sc1C. The van der Waals surface area contributed by atoms with Gasteiger partial charge in [0.2, 0.25) is 0 Å². The van der Waals surface area contributed by atoms with E-state index >= 15 is 0 Å². The Bertz CT molecular complexity index is 441. The number of carbonyl (C=O) groups is 1. The molecule has 19 heavy (non-hydrogen) atoms. The minimum absolute atomic E-state index is 0.0261. The summed E-state index contributed by atoms with van der Waals surface area (Å²) in [4.78, 5) is 14.3. The van der Waals surface area contributed by atoms with Crippen molar-refractivity contribution < 1.29 is 9.90 Å². The summed E-state index contributed by atoms with van der Waals surface area (Å²) in [5.74, 6) is 0.252. The van der Waals surface area contributed by atoms with Crippen LogP contribution in [0.2, 0.25) is 0 Å². The molecule has 2 atom stereocenters. The van der Waals surface area contributed by atoms with Crippen LogP contribution in [0.1, 0.15) is 52.7 Å². The molecule has 1 saturated carbocycles. The van der Waals surface area contributed by atoms with Crippen molar-refractivity contribution in [2.75, 3.05) is 6.61 Å². The van der Waals surface area contributed by atoms with Crippen molar-refractivity contribution in [2.24, 2.45) is 5.92 Å². The molecular formula is C15H23NO2S. The maximum Gasteiger partial charge on any atom is 0.261 e. The molecule has 1 aliphatic rings. The molecule has 0 bridgehead atoms. The second-order valence-electron chi connectivity index (χ2n) is 5.35. The molecule has 0 aliphatic heterocycles. The Morgan fingerprint density at radius 1 is 1.47 bits per heavy atom. The van der Waals surface area contributed by atoms with Gasteiger partial charge >= 0.3 is 0 Å². The van der Waals surface area contributed by atoms with Crippen molar-refractivity contribution in [3.8, 4) is 0 Å². The number of thiophene rings is 1. The van der Waals surface area contributed by atoms with Gasteiger partial charge in [0.05, 0.1) is 4.88 Å². The van der Waals surface area contributed by atoms with Crippen LogP contribution >= 0.6 is 11.3 Å². The van der Waals surface area contributed by atoms with E-state index < -0.39 is 0 Å². The molecule has 1 amide bonds. The summed E-state index contributed by atoms with van der Waals surface area (Å²) in [7, 11) is 0. The van der Waals surface area contributed by atoms with E-state index in [4.69, 9.17) is 0 Å². The number of hydrogen-bond acceptors (Lipinski definition) is 3. The van der Waals surface area contributed by atoms with E-state index in [0.29, 0.717) is 0 Å². The average molecular weight is 281 g/mol. The molecule has 0 aromatic carbocycles. The van der Waals surface area contributed by atoms with E-state index in [1.54, 1.807) is 11.3 Å². The number of rotatable bonds is 4. The van der Waals surface area contributed by atoms with Crippen LogP contribution in [0.4, 0.5) is 0 Å². The molecule has 3 nitrogen and oxygen atoms in total. The summed E-state index contributed by atoms with van der Waals surface area (Å²) in [5, 5.41) is 12.5. The van der Waals surface area contributed by atoms with Crippen LogP contribution in [0.15, 0.2) is 6.07 Å². The number of carbonyl (C=O) groups excluding carboxylic acids is 1. The van der Waals surface area contributed by atoms with Gasteiger partial charge in [0.1, 0.15) is 0 Å². The van der Waals surface area contributed by atoms with Gasteiger partial charge in [-0.1, -0.05) is 19.8 Å². The highest BCUT2D eigenvalue weighted by molar-refractivity contribution is 7.14. The third-order valence-corrected chi connectivity index (χ3v) is 5.18. The number of aliphatic hydroxyl groups is 1. The monoisotopic (exact) mass is 281 g/mol. The van der Waals surface area contributed by atoms with E-state index in [1.807, 2.05) is 6.07 Å². The lowest BCUT2D eigenvalue weighted by Gasteiger charge is -2.30. The van der Waals surface area contributed by atoms with E-state index in [9.17, 15) is 9.90 Å². The molecule has 1 fully saturated rings. The van der Waals surface area contributed by atoms with Crippen molar-refractivity contribution in [1.29, 1.82) is 0 Å². The molecule has 2 unspecified atom stereocenters. The van der Waals surface area contributed by atoms with E-state index in [2.05, 4.69) is 19.2 Å². The van der Waals surface area contributed by atoms with Crippen molar-refractivity contribution in [1.82, 2.24) is 5.32 Å².